The van der Waals surface area contributed by atoms with Crippen molar-refractivity contribution >= 4 is 5.91 Å². The average molecular weight is 130 g/mol. The fraction of sp³-hybridized carbons (Fsp3) is 0.833. The van der Waals surface area contributed by atoms with Crippen molar-refractivity contribution in [3.05, 3.63) is 0 Å². The molecule has 0 aromatic rings. The molecule has 3 nitrogen and oxygen atoms in total. The Bertz CT molecular complexity index is 103. The minimum atomic E-state index is -0.477. The third kappa shape index (κ3) is 2.46. The van der Waals surface area contributed by atoms with E-state index < -0.39 is 11.9 Å². The monoisotopic (exact) mass is 130 g/mol. The zero-order chi connectivity index (χ0) is 7.44. The van der Waals surface area contributed by atoms with E-state index >= 15 is 0 Å². The molecule has 0 saturated heterocycles. The van der Waals surface area contributed by atoms with Gasteiger partial charge in [0.05, 0.1) is 6.04 Å². The molecule has 0 aliphatic carbocycles. The van der Waals surface area contributed by atoms with E-state index in [4.69, 9.17) is 11.5 Å². The fourth-order valence-corrected chi connectivity index (χ4v) is 0.534. The first kappa shape index (κ1) is 8.43. The van der Waals surface area contributed by atoms with Crippen molar-refractivity contribution in [3.8, 4) is 0 Å². The highest BCUT2D eigenvalue weighted by molar-refractivity contribution is 5.79. The van der Waals surface area contributed by atoms with Gasteiger partial charge in [-0.2, -0.15) is 0 Å². The van der Waals surface area contributed by atoms with E-state index in [-0.39, 0.29) is 5.92 Å². The van der Waals surface area contributed by atoms with Crippen molar-refractivity contribution in [1.82, 2.24) is 0 Å². The van der Waals surface area contributed by atoms with Crippen molar-refractivity contribution < 1.29 is 4.79 Å². The molecule has 0 bridgehead atoms. The molecule has 0 saturated carbocycles. The van der Waals surface area contributed by atoms with Crippen molar-refractivity contribution in [2.75, 3.05) is 0 Å². The molecule has 4 N–H and O–H groups in total. The standard InChI is InChI=1S/C6H14N2O/c1-3-4(2)5(7)6(8)9/h4-5H,3,7H2,1-2H3,(H2,8,9)/t4-,5+/m0/s1. The van der Waals surface area contributed by atoms with E-state index in [1.165, 1.54) is 0 Å². The topological polar surface area (TPSA) is 69.1 Å². The normalized spacial score (nSPS) is 16.8. The van der Waals surface area contributed by atoms with Crippen LogP contribution in [0, 0.1) is 5.92 Å². The maximum atomic E-state index is 10.4. The first-order chi connectivity index (χ1) is 4.09. The number of carbonyl (C=O) groups excluding carboxylic acids is 1. The Morgan fingerprint density at radius 2 is 2.11 bits per heavy atom. The van der Waals surface area contributed by atoms with Crippen molar-refractivity contribution in [2.45, 2.75) is 26.3 Å². The molecule has 0 rings (SSSR count). The van der Waals surface area contributed by atoms with Crippen LogP contribution in [0.25, 0.3) is 0 Å². The van der Waals surface area contributed by atoms with Gasteiger partial charge in [-0.3, -0.25) is 4.79 Å². The molecule has 1 amide bonds. The maximum absolute atomic E-state index is 10.4. The van der Waals surface area contributed by atoms with Crippen LogP contribution in [0.3, 0.4) is 0 Å². The molecule has 54 valence electrons. The summed E-state index contributed by atoms with van der Waals surface area (Å²) in [5.41, 5.74) is 10.3. The number of hydrogen-bond donors (Lipinski definition) is 2. The summed E-state index contributed by atoms with van der Waals surface area (Å²) in [7, 11) is 0. The van der Waals surface area contributed by atoms with Gasteiger partial charge in [0, 0.05) is 0 Å². The number of hydrogen-bond acceptors (Lipinski definition) is 2. The number of carbonyl (C=O) groups is 1. The molecule has 0 spiro atoms. The smallest absolute Gasteiger partial charge is 0.234 e. The van der Waals surface area contributed by atoms with Gasteiger partial charge < -0.3 is 11.5 Å². The highest BCUT2D eigenvalue weighted by Crippen LogP contribution is 2.03. The number of nitrogens with two attached hydrogens (primary N) is 2. The summed E-state index contributed by atoms with van der Waals surface area (Å²) in [6.07, 6.45) is 0.893. The summed E-state index contributed by atoms with van der Waals surface area (Å²) in [6, 6.07) is -0.477. The minimum Gasteiger partial charge on any atom is -0.368 e. The summed E-state index contributed by atoms with van der Waals surface area (Å²) >= 11 is 0. The zero-order valence-corrected chi connectivity index (χ0v) is 5.92. The van der Waals surface area contributed by atoms with Crippen LogP contribution in [-0.2, 0) is 4.79 Å². The Morgan fingerprint density at radius 1 is 1.67 bits per heavy atom. The van der Waals surface area contributed by atoms with Crippen LogP contribution >= 0.6 is 0 Å². The average Bonchev–Trinajstić information content (AvgIpc) is 1.84. The van der Waals surface area contributed by atoms with Crippen LogP contribution in [0.2, 0.25) is 0 Å². The first-order valence-electron chi connectivity index (χ1n) is 3.14. The predicted molar refractivity (Wildman–Crippen MR) is 36.6 cm³/mol. The second-order valence-electron chi connectivity index (χ2n) is 2.31. The molecule has 3 heteroatoms. The highest BCUT2D eigenvalue weighted by Gasteiger charge is 2.15. The van der Waals surface area contributed by atoms with Gasteiger partial charge in [-0.1, -0.05) is 20.3 Å². The molecule has 0 radical (unpaired) electrons. The van der Waals surface area contributed by atoms with Crippen molar-refractivity contribution in [1.29, 1.82) is 0 Å². The van der Waals surface area contributed by atoms with E-state index in [1.807, 2.05) is 13.8 Å². The first-order valence-corrected chi connectivity index (χ1v) is 3.14. The number of rotatable bonds is 3. The summed E-state index contributed by atoms with van der Waals surface area (Å²) < 4.78 is 0. The molecule has 9 heavy (non-hydrogen) atoms. The predicted octanol–water partition coefficient (Wildman–Crippen LogP) is -0.155. The quantitative estimate of drug-likeness (QED) is 0.557. The lowest BCUT2D eigenvalue weighted by atomic mass is 10.00. The Morgan fingerprint density at radius 3 is 2.22 bits per heavy atom. The summed E-state index contributed by atoms with van der Waals surface area (Å²) in [5.74, 6) is -0.216. The van der Waals surface area contributed by atoms with Crippen LogP contribution < -0.4 is 11.5 Å². The largest absolute Gasteiger partial charge is 0.368 e. The fourth-order valence-electron chi connectivity index (χ4n) is 0.534. The van der Waals surface area contributed by atoms with Crippen molar-refractivity contribution in [2.24, 2.45) is 17.4 Å². The van der Waals surface area contributed by atoms with Gasteiger partial charge in [-0.15, -0.1) is 0 Å². The molecule has 0 aliphatic rings. The van der Waals surface area contributed by atoms with Gasteiger partial charge >= 0.3 is 0 Å². The summed E-state index contributed by atoms with van der Waals surface area (Å²) in [4.78, 5) is 10.4. The summed E-state index contributed by atoms with van der Waals surface area (Å²) in [5, 5.41) is 0. The lowest BCUT2D eigenvalue weighted by Gasteiger charge is -2.13. The molecule has 2 atom stereocenters. The lowest BCUT2D eigenvalue weighted by Crippen LogP contribution is -2.41. The van der Waals surface area contributed by atoms with Crippen LogP contribution in [0.4, 0.5) is 0 Å². The second kappa shape index (κ2) is 3.45. The van der Waals surface area contributed by atoms with E-state index in [9.17, 15) is 4.79 Å². The van der Waals surface area contributed by atoms with E-state index in [1.54, 1.807) is 0 Å². The molecule has 0 aliphatic heterocycles. The van der Waals surface area contributed by atoms with Gasteiger partial charge in [0.1, 0.15) is 0 Å². The van der Waals surface area contributed by atoms with E-state index in [0.717, 1.165) is 6.42 Å². The maximum Gasteiger partial charge on any atom is 0.234 e. The Balaban J connectivity index is 3.72. The van der Waals surface area contributed by atoms with Gasteiger partial charge in [-0.25, -0.2) is 0 Å². The van der Waals surface area contributed by atoms with Gasteiger partial charge in [0.25, 0.3) is 0 Å². The number of primary amides is 1. The molecule has 0 aromatic carbocycles. The molecular formula is C6H14N2O. The third-order valence-electron chi connectivity index (χ3n) is 1.59. The molecule has 0 aromatic heterocycles. The van der Waals surface area contributed by atoms with Crippen LogP contribution in [0.15, 0.2) is 0 Å². The zero-order valence-electron chi connectivity index (χ0n) is 5.92. The molecule has 0 fully saturated rings. The lowest BCUT2D eigenvalue weighted by molar-refractivity contribution is -0.120. The Kier molecular flexibility index (Phi) is 3.24. The SMILES string of the molecule is CC[C@H](C)[C@@H](N)C(N)=O. The van der Waals surface area contributed by atoms with Crippen LogP contribution in [-0.4, -0.2) is 11.9 Å². The Hall–Kier alpha value is -0.570. The number of amides is 1. The van der Waals surface area contributed by atoms with Crippen LogP contribution in [0.1, 0.15) is 20.3 Å². The molecule has 0 unspecified atom stereocenters. The van der Waals surface area contributed by atoms with Gasteiger partial charge in [0.2, 0.25) is 5.91 Å². The second-order valence-corrected chi connectivity index (χ2v) is 2.31. The van der Waals surface area contributed by atoms with Crippen LogP contribution in [0.5, 0.6) is 0 Å². The van der Waals surface area contributed by atoms with E-state index in [2.05, 4.69) is 0 Å². The van der Waals surface area contributed by atoms with E-state index in [0.29, 0.717) is 0 Å². The van der Waals surface area contributed by atoms with Gasteiger partial charge in [-0.05, 0) is 5.92 Å². The third-order valence-corrected chi connectivity index (χ3v) is 1.59. The van der Waals surface area contributed by atoms with Crippen molar-refractivity contribution in [3.63, 3.8) is 0 Å². The molecular weight excluding hydrogens is 116 g/mol. The van der Waals surface area contributed by atoms with Gasteiger partial charge in [0.15, 0.2) is 0 Å². The summed E-state index contributed by atoms with van der Waals surface area (Å²) in [6.45, 7) is 3.89. The Labute approximate surface area is 55.4 Å². The highest BCUT2D eigenvalue weighted by atomic mass is 16.1. The molecule has 0 heterocycles. The minimum absolute atomic E-state index is 0.197.